The third-order valence-electron chi connectivity index (χ3n) is 2.86. The topological polar surface area (TPSA) is 50.4 Å². The second-order valence-electron chi connectivity index (χ2n) is 4.33. The minimum Gasteiger partial charge on any atom is -0.376 e. The number of benzene rings is 1. The van der Waals surface area contributed by atoms with Gasteiger partial charge in [0.25, 0.3) is 0 Å². The Morgan fingerprint density at radius 1 is 1.44 bits per heavy atom. The van der Waals surface area contributed by atoms with E-state index in [0.29, 0.717) is 13.1 Å². The van der Waals surface area contributed by atoms with Crippen LogP contribution in [-0.4, -0.2) is 25.3 Å². The number of ether oxygens (including phenoxy) is 1. The van der Waals surface area contributed by atoms with Gasteiger partial charge in [-0.3, -0.25) is 0 Å². The van der Waals surface area contributed by atoms with Crippen molar-refractivity contribution in [3.63, 3.8) is 0 Å². The first kappa shape index (κ1) is 12.8. The average Bonchev–Trinajstić information content (AvgIpc) is 2.87. The van der Waals surface area contributed by atoms with Crippen LogP contribution in [0.15, 0.2) is 24.3 Å². The number of urea groups is 1. The number of hydrogen-bond acceptors (Lipinski definition) is 2. The number of amides is 2. The lowest BCUT2D eigenvalue weighted by molar-refractivity contribution is 0.111. The Morgan fingerprint density at radius 2 is 2.33 bits per heavy atom. The molecule has 5 heteroatoms. The van der Waals surface area contributed by atoms with E-state index in [9.17, 15) is 9.18 Å². The lowest BCUT2D eigenvalue weighted by atomic mass is 10.2. The summed E-state index contributed by atoms with van der Waals surface area (Å²) in [5, 5.41) is 5.42. The Hall–Kier alpha value is -1.62. The first-order chi connectivity index (χ1) is 8.74. The first-order valence-electron chi connectivity index (χ1n) is 6.12. The van der Waals surface area contributed by atoms with Crippen LogP contribution in [0.4, 0.5) is 9.18 Å². The molecule has 4 nitrogen and oxygen atoms in total. The van der Waals surface area contributed by atoms with Crippen molar-refractivity contribution >= 4 is 6.03 Å². The molecule has 1 unspecified atom stereocenters. The monoisotopic (exact) mass is 252 g/mol. The Balaban J connectivity index is 1.68. The van der Waals surface area contributed by atoms with Crippen molar-refractivity contribution in [3.05, 3.63) is 35.6 Å². The van der Waals surface area contributed by atoms with E-state index in [1.54, 1.807) is 12.1 Å². The lowest BCUT2D eigenvalue weighted by Crippen LogP contribution is -2.39. The Bertz CT molecular complexity index is 406. The summed E-state index contributed by atoms with van der Waals surface area (Å²) in [5.41, 5.74) is 0.738. The zero-order valence-electron chi connectivity index (χ0n) is 10.1. The third-order valence-corrected chi connectivity index (χ3v) is 2.86. The van der Waals surface area contributed by atoms with Gasteiger partial charge in [-0.05, 0) is 30.5 Å². The molecule has 0 aliphatic carbocycles. The number of halogens is 1. The van der Waals surface area contributed by atoms with Crippen molar-refractivity contribution in [2.75, 3.05) is 13.2 Å². The number of carbonyl (C=O) groups is 1. The second kappa shape index (κ2) is 6.35. The molecular formula is C13H17FN2O2. The molecule has 2 amide bonds. The van der Waals surface area contributed by atoms with Crippen LogP contribution >= 0.6 is 0 Å². The summed E-state index contributed by atoms with van der Waals surface area (Å²) in [6.07, 6.45) is 2.17. The van der Waals surface area contributed by atoms with Gasteiger partial charge in [0.05, 0.1) is 6.10 Å². The SMILES string of the molecule is O=C(NCc1cccc(F)c1)NCC1CCCO1. The van der Waals surface area contributed by atoms with Gasteiger partial charge in [0.15, 0.2) is 0 Å². The zero-order chi connectivity index (χ0) is 12.8. The summed E-state index contributed by atoms with van der Waals surface area (Å²) < 4.78 is 18.3. The van der Waals surface area contributed by atoms with Gasteiger partial charge >= 0.3 is 6.03 Å². The lowest BCUT2D eigenvalue weighted by Gasteiger charge is -2.11. The van der Waals surface area contributed by atoms with Crippen molar-refractivity contribution in [3.8, 4) is 0 Å². The van der Waals surface area contributed by atoms with Crippen LogP contribution in [0, 0.1) is 5.82 Å². The molecule has 2 rings (SSSR count). The van der Waals surface area contributed by atoms with Crippen molar-refractivity contribution in [2.45, 2.75) is 25.5 Å². The standard InChI is InChI=1S/C13H17FN2O2/c14-11-4-1-3-10(7-11)8-15-13(17)16-9-12-5-2-6-18-12/h1,3-4,7,12H,2,5-6,8-9H2,(H2,15,16,17). The van der Waals surface area contributed by atoms with E-state index in [-0.39, 0.29) is 18.0 Å². The number of hydrogen-bond donors (Lipinski definition) is 2. The van der Waals surface area contributed by atoms with Crippen LogP contribution in [0.2, 0.25) is 0 Å². The number of rotatable bonds is 4. The molecular weight excluding hydrogens is 235 g/mol. The van der Waals surface area contributed by atoms with Gasteiger partial charge in [-0.15, -0.1) is 0 Å². The van der Waals surface area contributed by atoms with Crippen LogP contribution < -0.4 is 10.6 Å². The highest BCUT2D eigenvalue weighted by Gasteiger charge is 2.15. The smallest absolute Gasteiger partial charge is 0.315 e. The molecule has 2 N–H and O–H groups in total. The summed E-state index contributed by atoms with van der Waals surface area (Å²) in [7, 11) is 0. The largest absolute Gasteiger partial charge is 0.376 e. The quantitative estimate of drug-likeness (QED) is 0.858. The van der Waals surface area contributed by atoms with Crippen molar-refractivity contribution < 1.29 is 13.9 Å². The fourth-order valence-electron chi connectivity index (χ4n) is 1.90. The minimum absolute atomic E-state index is 0.130. The van der Waals surface area contributed by atoms with Crippen LogP contribution in [0.25, 0.3) is 0 Å². The highest BCUT2D eigenvalue weighted by Crippen LogP contribution is 2.10. The van der Waals surface area contributed by atoms with Gasteiger partial charge < -0.3 is 15.4 Å². The Morgan fingerprint density at radius 3 is 3.06 bits per heavy atom. The van der Waals surface area contributed by atoms with E-state index < -0.39 is 0 Å². The molecule has 1 saturated heterocycles. The Labute approximate surface area is 106 Å². The number of carbonyl (C=O) groups excluding carboxylic acids is 1. The number of nitrogens with one attached hydrogen (secondary N) is 2. The van der Waals surface area contributed by atoms with Gasteiger partial charge in [-0.1, -0.05) is 12.1 Å². The molecule has 0 radical (unpaired) electrons. The zero-order valence-corrected chi connectivity index (χ0v) is 10.1. The highest BCUT2D eigenvalue weighted by atomic mass is 19.1. The average molecular weight is 252 g/mol. The van der Waals surface area contributed by atoms with Crippen molar-refractivity contribution in [1.29, 1.82) is 0 Å². The summed E-state index contributed by atoms with van der Waals surface area (Å²) in [6, 6.07) is 5.91. The molecule has 1 heterocycles. The molecule has 0 bridgehead atoms. The van der Waals surface area contributed by atoms with E-state index in [4.69, 9.17) is 4.74 Å². The van der Waals surface area contributed by atoms with Gasteiger partial charge in [0.2, 0.25) is 0 Å². The van der Waals surface area contributed by atoms with Crippen LogP contribution in [0.3, 0.4) is 0 Å². The van der Waals surface area contributed by atoms with Crippen molar-refractivity contribution in [2.24, 2.45) is 0 Å². The fourth-order valence-corrected chi connectivity index (χ4v) is 1.90. The van der Waals surface area contributed by atoms with E-state index in [2.05, 4.69) is 10.6 Å². The van der Waals surface area contributed by atoms with E-state index >= 15 is 0 Å². The predicted octanol–water partition coefficient (Wildman–Crippen LogP) is 1.80. The summed E-state index contributed by atoms with van der Waals surface area (Å²) in [4.78, 5) is 11.5. The summed E-state index contributed by atoms with van der Waals surface area (Å²) >= 11 is 0. The molecule has 1 aliphatic rings. The van der Waals surface area contributed by atoms with Gasteiger partial charge in [-0.25, -0.2) is 9.18 Å². The summed E-state index contributed by atoms with van der Waals surface area (Å²) in [6.45, 7) is 1.61. The van der Waals surface area contributed by atoms with E-state index in [1.165, 1.54) is 12.1 Å². The van der Waals surface area contributed by atoms with Crippen LogP contribution in [-0.2, 0) is 11.3 Å². The maximum atomic E-state index is 12.9. The normalized spacial score (nSPS) is 18.6. The fraction of sp³-hybridized carbons (Fsp3) is 0.462. The minimum atomic E-state index is -0.297. The molecule has 0 spiro atoms. The maximum absolute atomic E-state index is 12.9. The summed E-state index contributed by atoms with van der Waals surface area (Å²) in [5.74, 6) is -0.297. The van der Waals surface area contributed by atoms with E-state index in [1.807, 2.05) is 0 Å². The van der Waals surface area contributed by atoms with Gasteiger partial charge in [-0.2, -0.15) is 0 Å². The molecule has 1 atom stereocenters. The molecule has 1 aliphatic heterocycles. The maximum Gasteiger partial charge on any atom is 0.315 e. The van der Waals surface area contributed by atoms with Gasteiger partial charge in [0, 0.05) is 19.7 Å². The Kier molecular flexibility index (Phi) is 4.52. The van der Waals surface area contributed by atoms with Crippen LogP contribution in [0.5, 0.6) is 0 Å². The molecule has 0 saturated carbocycles. The van der Waals surface area contributed by atoms with E-state index in [0.717, 1.165) is 25.0 Å². The molecule has 1 aromatic rings. The predicted molar refractivity (Wildman–Crippen MR) is 65.6 cm³/mol. The molecule has 0 aromatic heterocycles. The van der Waals surface area contributed by atoms with Crippen molar-refractivity contribution in [1.82, 2.24) is 10.6 Å². The first-order valence-corrected chi connectivity index (χ1v) is 6.12. The molecule has 1 fully saturated rings. The van der Waals surface area contributed by atoms with Crippen LogP contribution in [0.1, 0.15) is 18.4 Å². The second-order valence-corrected chi connectivity index (χ2v) is 4.33. The molecule has 98 valence electrons. The highest BCUT2D eigenvalue weighted by molar-refractivity contribution is 5.73. The molecule has 18 heavy (non-hydrogen) atoms. The molecule has 1 aromatic carbocycles. The van der Waals surface area contributed by atoms with Gasteiger partial charge in [0.1, 0.15) is 5.82 Å². The third kappa shape index (κ3) is 4.00.